The van der Waals surface area contributed by atoms with Gasteiger partial charge in [-0.15, -0.1) is 0 Å². The highest BCUT2D eigenvalue weighted by Gasteiger charge is 2.05. The number of fused-ring (bicyclic) bond motifs is 1. The van der Waals surface area contributed by atoms with Crippen molar-refractivity contribution in [3.63, 3.8) is 0 Å². The zero-order valence-electron chi connectivity index (χ0n) is 15.0. The van der Waals surface area contributed by atoms with Crippen LogP contribution in [-0.4, -0.2) is 5.78 Å². The molecule has 0 aliphatic heterocycles. The Kier molecular flexibility index (Phi) is 5.27. The second-order valence-electron chi connectivity index (χ2n) is 6.31. The molecule has 4 heteroatoms. The highest BCUT2D eigenvalue weighted by atomic mass is 35.5. The third kappa shape index (κ3) is 4.33. The van der Waals surface area contributed by atoms with Gasteiger partial charge in [-0.2, -0.15) is 0 Å². The van der Waals surface area contributed by atoms with E-state index in [-0.39, 0.29) is 5.78 Å². The Morgan fingerprint density at radius 2 is 1.71 bits per heavy atom. The minimum atomic E-state index is -0.0684. The van der Waals surface area contributed by atoms with Crippen LogP contribution >= 0.6 is 11.6 Å². The number of halogens is 1. The van der Waals surface area contributed by atoms with Gasteiger partial charge in [-0.1, -0.05) is 48.0 Å². The first-order valence-corrected chi connectivity index (χ1v) is 9.23. The predicted octanol–water partition coefficient (Wildman–Crippen LogP) is 6.56. The Bertz CT molecular complexity index is 1140. The van der Waals surface area contributed by atoms with Gasteiger partial charge in [0.25, 0.3) is 0 Å². The molecule has 28 heavy (non-hydrogen) atoms. The van der Waals surface area contributed by atoms with Gasteiger partial charge in [0, 0.05) is 10.6 Å². The number of hydrogen-bond donors (Lipinski definition) is 0. The van der Waals surface area contributed by atoms with Crippen LogP contribution in [0.4, 0.5) is 0 Å². The van der Waals surface area contributed by atoms with Gasteiger partial charge in [0.05, 0.1) is 0 Å². The summed E-state index contributed by atoms with van der Waals surface area (Å²) in [5.41, 5.74) is 0.646. The van der Waals surface area contributed by atoms with Crippen LogP contribution in [0.25, 0.3) is 16.8 Å². The molecule has 3 nitrogen and oxygen atoms in total. The van der Waals surface area contributed by atoms with Gasteiger partial charge in [0.1, 0.15) is 23.9 Å². The first-order valence-electron chi connectivity index (χ1n) is 8.86. The smallest absolute Gasteiger partial charge is 0.185 e. The number of furan rings is 1. The monoisotopic (exact) mass is 388 g/mol. The standard InChI is InChI=1S/C24H17ClO3/c25-20-7-9-21(10-8-20)27-16-23-12-11-22(28-23)13-14-24(26)19-6-5-17-3-1-2-4-18(17)15-19/h1-15H,16H2/b14-13+. The van der Waals surface area contributed by atoms with E-state index in [2.05, 4.69) is 0 Å². The molecule has 0 bridgehead atoms. The second kappa shape index (κ2) is 8.15. The molecule has 0 amide bonds. The van der Waals surface area contributed by atoms with Gasteiger partial charge in [-0.05, 0) is 65.4 Å². The van der Waals surface area contributed by atoms with Crippen LogP contribution < -0.4 is 4.74 Å². The lowest BCUT2D eigenvalue weighted by molar-refractivity contribution is 0.104. The molecule has 0 spiro atoms. The van der Waals surface area contributed by atoms with E-state index in [0.717, 1.165) is 10.8 Å². The Morgan fingerprint density at radius 1 is 0.929 bits per heavy atom. The van der Waals surface area contributed by atoms with E-state index in [1.807, 2.05) is 54.6 Å². The van der Waals surface area contributed by atoms with E-state index in [4.69, 9.17) is 20.8 Å². The number of ketones is 1. The molecule has 1 aromatic heterocycles. The Labute approximate surface area is 167 Å². The SMILES string of the molecule is O=C(/C=C/c1ccc(COc2ccc(Cl)cc2)o1)c1ccc2ccccc2c1. The van der Waals surface area contributed by atoms with Crippen molar-refractivity contribution in [3.8, 4) is 5.75 Å². The van der Waals surface area contributed by atoms with Crippen LogP contribution in [0.1, 0.15) is 21.9 Å². The summed E-state index contributed by atoms with van der Waals surface area (Å²) < 4.78 is 11.3. The predicted molar refractivity (Wildman–Crippen MR) is 112 cm³/mol. The summed E-state index contributed by atoms with van der Waals surface area (Å²) in [5.74, 6) is 1.92. The summed E-state index contributed by atoms with van der Waals surface area (Å²) in [6.45, 7) is 0.300. The zero-order chi connectivity index (χ0) is 19.3. The lowest BCUT2D eigenvalue weighted by atomic mass is 10.0. The van der Waals surface area contributed by atoms with Crippen molar-refractivity contribution in [2.75, 3.05) is 0 Å². The number of allylic oxidation sites excluding steroid dienone is 1. The van der Waals surface area contributed by atoms with Crippen LogP contribution in [0.5, 0.6) is 5.75 Å². The summed E-state index contributed by atoms with van der Waals surface area (Å²) in [6.07, 6.45) is 3.19. The lowest BCUT2D eigenvalue weighted by Gasteiger charge is -2.03. The van der Waals surface area contributed by atoms with E-state index in [1.54, 1.807) is 30.3 Å². The zero-order valence-corrected chi connectivity index (χ0v) is 15.7. The fourth-order valence-corrected chi connectivity index (χ4v) is 2.97. The van der Waals surface area contributed by atoms with Gasteiger partial charge in [-0.3, -0.25) is 4.79 Å². The van der Waals surface area contributed by atoms with E-state index < -0.39 is 0 Å². The summed E-state index contributed by atoms with van der Waals surface area (Å²) >= 11 is 5.86. The Hall–Kier alpha value is -3.30. The molecule has 3 aromatic carbocycles. The van der Waals surface area contributed by atoms with Gasteiger partial charge in [0.2, 0.25) is 0 Å². The molecule has 1 heterocycles. The van der Waals surface area contributed by atoms with Crippen LogP contribution in [0.2, 0.25) is 5.02 Å². The van der Waals surface area contributed by atoms with Crippen molar-refractivity contribution in [2.24, 2.45) is 0 Å². The van der Waals surface area contributed by atoms with Crippen LogP contribution in [0, 0.1) is 0 Å². The van der Waals surface area contributed by atoms with E-state index >= 15 is 0 Å². The van der Waals surface area contributed by atoms with Crippen molar-refractivity contribution in [1.82, 2.24) is 0 Å². The molecule has 0 fully saturated rings. The summed E-state index contributed by atoms with van der Waals surface area (Å²) in [5, 5.41) is 2.81. The molecular weight excluding hydrogens is 372 g/mol. The molecule has 4 rings (SSSR count). The van der Waals surface area contributed by atoms with E-state index in [1.165, 1.54) is 6.08 Å². The fraction of sp³-hybridized carbons (Fsp3) is 0.0417. The Balaban J connectivity index is 1.40. The normalized spacial score (nSPS) is 11.2. The first-order chi connectivity index (χ1) is 13.7. The minimum Gasteiger partial charge on any atom is -0.486 e. The van der Waals surface area contributed by atoms with E-state index in [0.29, 0.717) is 34.5 Å². The van der Waals surface area contributed by atoms with Crippen LogP contribution in [0.3, 0.4) is 0 Å². The molecule has 4 aromatic rings. The fourth-order valence-electron chi connectivity index (χ4n) is 2.84. The largest absolute Gasteiger partial charge is 0.486 e. The highest BCUT2D eigenvalue weighted by Crippen LogP contribution is 2.19. The molecule has 0 radical (unpaired) electrons. The van der Waals surface area contributed by atoms with Gasteiger partial charge in [0.15, 0.2) is 5.78 Å². The molecule has 138 valence electrons. The number of rotatable bonds is 6. The molecule has 0 unspecified atom stereocenters. The third-order valence-corrected chi connectivity index (χ3v) is 4.56. The average molecular weight is 389 g/mol. The summed E-state index contributed by atoms with van der Waals surface area (Å²) in [4.78, 5) is 12.4. The topological polar surface area (TPSA) is 39.4 Å². The van der Waals surface area contributed by atoms with Gasteiger partial charge < -0.3 is 9.15 Å². The number of ether oxygens (including phenoxy) is 1. The number of benzene rings is 3. The van der Waals surface area contributed by atoms with Gasteiger partial charge in [-0.25, -0.2) is 0 Å². The Morgan fingerprint density at radius 3 is 2.54 bits per heavy atom. The van der Waals surface area contributed by atoms with Crippen molar-refractivity contribution < 1.29 is 13.9 Å². The maximum Gasteiger partial charge on any atom is 0.185 e. The van der Waals surface area contributed by atoms with Crippen molar-refractivity contribution in [3.05, 3.63) is 107 Å². The van der Waals surface area contributed by atoms with Crippen molar-refractivity contribution in [2.45, 2.75) is 6.61 Å². The second-order valence-corrected chi connectivity index (χ2v) is 6.74. The van der Waals surface area contributed by atoms with Crippen molar-refractivity contribution >= 4 is 34.2 Å². The first kappa shape index (κ1) is 18.1. The lowest BCUT2D eigenvalue weighted by Crippen LogP contribution is -1.94. The minimum absolute atomic E-state index is 0.0684. The number of carbonyl (C=O) groups is 1. The molecule has 0 saturated carbocycles. The molecule has 0 N–H and O–H groups in total. The maximum absolute atomic E-state index is 12.4. The molecule has 0 atom stereocenters. The van der Waals surface area contributed by atoms with Crippen LogP contribution in [0.15, 0.2) is 89.4 Å². The highest BCUT2D eigenvalue weighted by molar-refractivity contribution is 6.30. The van der Waals surface area contributed by atoms with Crippen molar-refractivity contribution in [1.29, 1.82) is 0 Å². The van der Waals surface area contributed by atoms with Gasteiger partial charge >= 0.3 is 0 Å². The quantitative estimate of drug-likeness (QED) is 0.277. The molecule has 0 aliphatic rings. The average Bonchev–Trinajstić information content (AvgIpc) is 3.19. The maximum atomic E-state index is 12.4. The molecule has 0 saturated heterocycles. The number of hydrogen-bond acceptors (Lipinski definition) is 3. The number of carbonyl (C=O) groups excluding carboxylic acids is 1. The van der Waals surface area contributed by atoms with E-state index in [9.17, 15) is 4.79 Å². The molecule has 0 aliphatic carbocycles. The third-order valence-electron chi connectivity index (χ3n) is 4.31. The molecular formula is C24H17ClO3. The van der Waals surface area contributed by atoms with Crippen LogP contribution in [-0.2, 0) is 6.61 Å². The summed E-state index contributed by atoms with van der Waals surface area (Å²) in [7, 11) is 0. The summed E-state index contributed by atoms with van der Waals surface area (Å²) in [6, 6.07) is 24.4.